The molecule has 0 bridgehead atoms. The van der Waals surface area contributed by atoms with Crippen LogP contribution in [-0.2, 0) is 4.79 Å². The van der Waals surface area contributed by atoms with Crippen molar-refractivity contribution in [2.45, 2.75) is 39.5 Å². The van der Waals surface area contributed by atoms with Gasteiger partial charge in [-0.05, 0) is 32.2 Å². The Hall–Kier alpha value is -0.570. The van der Waals surface area contributed by atoms with Gasteiger partial charge in [0.25, 0.3) is 0 Å². The standard InChI is InChI=1S/C12H24N2O/c1-4-10(5-2)11(15)14(3)9-12(8-13)6-7-12/h10H,4-9,13H2,1-3H3. The van der Waals surface area contributed by atoms with Gasteiger partial charge in [0.05, 0.1) is 0 Å². The molecule has 0 aromatic carbocycles. The Morgan fingerprint density at radius 2 is 1.93 bits per heavy atom. The molecule has 0 spiro atoms. The molecule has 1 rings (SSSR count). The molecular weight excluding hydrogens is 188 g/mol. The molecule has 1 fully saturated rings. The van der Waals surface area contributed by atoms with Crippen LogP contribution in [0.2, 0.25) is 0 Å². The largest absolute Gasteiger partial charge is 0.345 e. The van der Waals surface area contributed by atoms with Crippen LogP contribution in [0.4, 0.5) is 0 Å². The van der Waals surface area contributed by atoms with Crippen molar-refractivity contribution in [3.05, 3.63) is 0 Å². The maximum atomic E-state index is 12.0. The van der Waals surface area contributed by atoms with Crippen LogP contribution >= 0.6 is 0 Å². The second-order valence-electron chi connectivity index (χ2n) is 4.91. The van der Waals surface area contributed by atoms with Gasteiger partial charge in [-0.25, -0.2) is 0 Å². The van der Waals surface area contributed by atoms with Gasteiger partial charge in [-0.1, -0.05) is 13.8 Å². The molecule has 3 nitrogen and oxygen atoms in total. The SMILES string of the molecule is CCC(CC)C(=O)N(C)CC1(CN)CC1. The number of nitrogens with two attached hydrogens (primary N) is 1. The highest BCUT2D eigenvalue weighted by molar-refractivity contribution is 5.78. The highest BCUT2D eigenvalue weighted by Gasteiger charge is 2.43. The summed E-state index contributed by atoms with van der Waals surface area (Å²) < 4.78 is 0. The molecule has 0 aromatic heterocycles. The Morgan fingerprint density at radius 3 is 2.27 bits per heavy atom. The summed E-state index contributed by atoms with van der Waals surface area (Å²) >= 11 is 0. The minimum atomic E-state index is 0.198. The number of carbonyl (C=O) groups is 1. The fraction of sp³-hybridized carbons (Fsp3) is 0.917. The lowest BCUT2D eigenvalue weighted by Crippen LogP contribution is -2.38. The van der Waals surface area contributed by atoms with Crippen molar-refractivity contribution in [2.75, 3.05) is 20.1 Å². The number of amides is 1. The van der Waals surface area contributed by atoms with Gasteiger partial charge in [-0.2, -0.15) is 0 Å². The van der Waals surface area contributed by atoms with E-state index in [9.17, 15) is 4.79 Å². The molecule has 0 radical (unpaired) electrons. The molecule has 0 heterocycles. The van der Waals surface area contributed by atoms with E-state index in [1.165, 1.54) is 12.8 Å². The molecule has 0 aliphatic heterocycles. The molecule has 15 heavy (non-hydrogen) atoms. The fourth-order valence-corrected chi connectivity index (χ4v) is 2.13. The molecule has 0 saturated heterocycles. The minimum absolute atomic E-state index is 0.198. The van der Waals surface area contributed by atoms with Crippen LogP contribution < -0.4 is 5.73 Å². The van der Waals surface area contributed by atoms with E-state index in [2.05, 4.69) is 13.8 Å². The predicted molar refractivity (Wildman–Crippen MR) is 62.4 cm³/mol. The van der Waals surface area contributed by atoms with E-state index in [0.717, 1.165) is 19.4 Å². The van der Waals surface area contributed by atoms with Crippen LogP contribution in [-0.4, -0.2) is 30.9 Å². The van der Waals surface area contributed by atoms with Gasteiger partial charge in [-0.3, -0.25) is 4.79 Å². The van der Waals surface area contributed by atoms with Crippen molar-refractivity contribution >= 4 is 5.91 Å². The zero-order valence-electron chi connectivity index (χ0n) is 10.3. The van der Waals surface area contributed by atoms with Crippen molar-refractivity contribution < 1.29 is 4.79 Å². The van der Waals surface area contributed by atoms with E-state index in [-0.39, 0.29) is 11.3 Å². The molecule has 0 atom stereocenters. The molecule has 1 aliphatic carbocycles. The zero-order chi connectivity index (χ0) is 11.5. The summed E-state index contributed by atoms with van der Waals surface area (Å²) in [5.74, 6) is 0.489. The molecule has 3 heteroatoms. The van der Waals surface area contributed by atoms with Crippen molar-refractivity contribution in [2.24, 2.45) is 17.1 Å². The summed E-state index contributed by atoms with van der Waals surface area (Å²) in [5.41, 5.74) is 5.98. The van der Waals surface area contributed by atoms with Gasteiger partial charge in [0.15, 0.2) is 0 Å². The number of rotatable bonds is 6. The van der Waals surface area contributed by atoms with E-state index in [1.807, 2.05) is 11.9 Å². The molecule has 1 saturated carbocycles. The van der Waals surface area contributed by atoms with Gasteiger partial charge in [0.1, 0.15) is 0 Å². The lowest BCUT2D eigenvalue weighted by molar-refractivity contribution is -0.135. The average molecular weight is 212 g/mol. The molecular formula is C12H24N2O. The second-order valence-corrected chi connectivity index (χ2v) is 4.91. The Morgan fingerprint density at radius 1 is 1.40 bits per heavy atom. The van der Waals surface area contributed by atoms with Crippen LogP contribution in [0.15, 0.2) is 0 Å². The quantitative estimate of drug-likeness (QED) is 0.727. The molecule has 0 aromatic rings. The van der Waals surface area contributed by atoms with Crippen molar-refractivity contribution in [1.29, 1.82) is 0 Å². The van der Waals surface area contributed by atoms with Crippen LogP contribution in [0.3, 0.4) is 0 Å². The van der Waals surface area contributed by atoms with E-state index < -0.39 is 0 Å². The lowest BCUT2D eigenvalue weighted by Gasteiger charge is -2.26. The third-order valence-corrected chi connectivity index (χ3v) is 3.67. The summed E-state index contributed by atoms with van der Waals surface area (Å²) in [6.07, 6.45) is 4.25. The van der Waals surface area contributed by atoms with Gasteiger partial charge in [-0.15, -0.1) is 0 Å². The Balaban J connectivity index is 2.45. The number of hydrogen-bond donors (Lipinski definition) is 1. The Labute approximate surface area is 93.0 Å². The molecule has 1 amide bonds. The predicted octanol–water partition coefficient (Wildman–Crippen LogP) is 1.62. The molecule has 88 valence electrons. The van der Waals surface area contributed by atoms with Gasteiger partial charge in [0, 0.05) is 24.9 Å². The van der Waals surface area contributed by atoms with E-state index in [0.29, 0.717) is 12.5 Å². The maximum absolute atomic E-state index is 12.0. The summed E-state index contributed by atoms with van der Waals surface area (Å²) in [5, 5.41) is 0. The Bertz CT molecular complexity index is 220. The minimum Gasteiger partial charge on any atom is -0.345 e. The van der Waals surface area contributed by atoms with Crippen molar-refractivity contribution in [3.63, 3.8) is 0 Å². The fourth-order valence-electron chi connectivity index (χ4n) is 2.13. The molecule has 2 N–H and O–H groups in total. The lowest BCUT2D eigenvalue weighted by atomic mass is 10.0. The third-order valence-electron chi connectivity index (χ3n) is 3.67. The first-order valence-electron chi connectivity index (χ1n) is 6.03. The summed E-state index contributed by atoms with van der Waals surface area (Å²) in [4.78, 5) is 13.9. The zero-order valence-corrected chi connectivity index (χ0v) is 10.3. The molecule has 0 unspecified atom stereocenters. The van der Waals surface area contributed by atoms with Crippen LogP contribution in [0.5, 0.6) is 0 Å². The second kappa shape index (κ2) is 4.97. The number of hydrogen-bond acceptors (Lipinski definition) is 2. The first kappa shape index (κ1) is 12.5. The summed E-state index contributed by atoms with van der Waals surface area (Å²) in [6, 6.07) is 0. The first-order chi connectivity index (χ1) is 7.08. The molecule has 1 aliphatic rings. The van der Waals surface area contributed by atoms with Crippen LogP contribution in [0, 0.1) is 11.3 Å². The van der Waals surface area contributed by atoms with Crippen LogP contribution in [0.1, 0.15) is 39.5 Å². The van der Waals surface area contributed by atoms with E-state index in [1.54, 1.807) is 0 Å². The van der Waals surface area contributed by atoms with E-state index in [4.69, 9.17) is 5.73 Å². The number of carbonyl (C=O) groups excluding carboxylic acids is 1. The number of nitrogens with zero attached hydrogens (tertiary/aromatic N) is 1. The normalized spacial score (nSPS) is 17.9. The van der Waals surface area contributed by atoms with Crippen LogP contribution in [0.25, 0.3) is 0 Å². The first-order valence-corrected chi connectivity index (χ1v) is 6.03. The highest BCUT2D eigenvalue weighted by Crippen LogP contribution is 2.45. The topological polar surface area (TPSA) is 46.3 Å². The van der Waals surface area contributed by atoms with Gasteiger partial charge in [0.2, 0.25) is 5.91 Å². The van der Waals surface area contributed by atoms with Crippen molar-refractivity contribution in [3.8, 4) is 0 Å². The monoisotopic (exact) mass is 212 g/mol. The summed E-state index contributed by atoms with van der Waals surface area (Å²) in [7, 11) is 1.91. The Kier molecular flexibility index (Phi) is 4.14. The highest BCUT2D eigenvalue weighted by atomic mass is 16.2. The van der Waals surface area contributed by atoms with Gasteiger partial charge < -0.3 is 10.6 Å². The maximum Gasteiger partial charge on any atom is 0.225 e. The smallest absolute Gasteiger partial charge is 0.225 e. The third kappa shape index (κ3) is 2.94. The van der Waals surface area contributed by atoms with Crippen molar-refractivity contribution in [1.82, 2.24) is 4.90 Å². The van der Waals surface area contributed by atoms with Gasteiger partial charge >= 0.3 is 0 Å². The van der Waals surface area contributed by atoms with E-state index >= 15 is 0 Å². The summed E-state index contributed by atoms with van der Waals surface area (Å²) in [6.45, 7) is 5.72. The average Bonchev–Trinajstić information content (AvgIpc) is 3.00.